The second-order valence-corrected chi connectivity index (χ2v) is 5.98. The summed E-state index contributed by atoms with van der Waals surface area (Å²) in [7, 11) is 0. The molecule has 1 aromatic heterocycles. The fourth-order valence-electron chi connectivity index (χ4n) is 3.01. The Bertz CT molecular complexity index is 520. The molecule has 0 bridgehead atoms. The van der Waals surface area contributed by atoms with E-state index in [1.807, 2.05) is 13.0 Å². The Morgan fingerprint density at radius 3 is 2.48 bits per heavy atom. The smallest absolute Gasteiger partial charge is 0.310 e. The number of carboxylic acids is 1. The fourth-order valence-corrected chi connectivity index (χ4v) is 3.01. The highest BCUT2D eigenvalue weighted by atomic mass is 16.4. The zero-order valence-electron chi connectivity index (χ0n) is 12.4. The highest BCUT2D eigenvalue weighted by molar-refractivity contribution is 5.94. The van der Waals surface area contributed by atoms with Gasteiger partial charge in [-0.2, -0.15) is 0 Å². The van der Waals surface area contributed by atoms with Crippen molar-refractivity contribution in [2.24, 2.45) is 5.41 Å². The Kier molecular flexibility index (Phi) is 4.94. The number of aryl methyl sites for hydroxylation is 1. The van der Waals surface area contributed by atoms with E-state index in [-0.39, 0.29) is 12.3 Å². The Hall–Kier alpha value is -1.91. The van der Waals surface area contributed by atoms with Gasteiger partial charge in [-0.05, 0) is 31.4 Å². The third-order valence-electron chi connectivity index (χ3n) is 4.17. The van der Waals surface area contributed by atoms with Crippen molar-refractivity contribution in [2.75, 3.05) is 5.32 Å². The predicted molar refractivity (Wildman–Crippen MR) is 80.0 cm³/mol. The number of hydrogen-bond donors (Lipinski definition) is 2. The molecule has 21 heavy (non-hydrogen) atoms. The minimum Gasteiger partial charge on any atom is -0.481 e. The first-order valence-corrected chi connectivity index (χ1v) is 7.47. The average molecular weight is 290 g/mol. The van der Waals surface area contributed by atoms with Crippen molar-refractivity contribution in [2.45, 2.75) is 51.9 Å². The van der Waals surface area contributed by atoms with Crippen LogP contribution in [-0.4, -0.2) is 22.0 Å². The lowest BCUT2D eigenvalue weighted by Gasteiger charge is -2.27. The largest absolute Gasteiger partial charge is 0.481 e. The highest BCUT2D eigenvalue weighted by Gasteiger charge is 2.40. The van der Waals surface area contributed by atoms with Crippen LogP contribution in [0, 0.1) is 12.3 Å². The van der Waals surface area contributed by atoms with E-state index < -0.39 is 11.4 Å². The number of nitrogens with zero attached hydrogens (tertiary/aromatic N) is 1. The number of aliphatic carboxylic acids is 1. The van der Waals surface area contributed by atoms with Gasteiger partial charge in [-0.15, -0.1) is 0 Å². The normalized spacial score (nSPS) is 17.8. The van der Waals surface area contributed by atoms with Crippen molar-refractivity contribution in [1.29, 1.82) is 0 Å². The molecule has 0 saturated heterocycles. The Morgan fingerprint density at radius 1 is 1.24 bits per heavy atom. The third-order valence-corrected chi connectivity index (χ3v) is 4.17. The number of hydrogen-bond acceptors (Lipinski definition) is 3. The first kappa shape index (κ1) is 15.5. The first-order chi connectivity index (χ1) is 10.0. The van der Waals surface area contributed by atoms with Crippen LogP contribution in [0.5, 0.6) is 0 Å². The van der Waals surface area contributed by atoms with Gasteiger partial charge in [0.1, 0.15) is 0 Å². The lowest BCUT2D eigenvalue weighted by atomic mass is 9.77. The lowest BCUT2D eigenvalue weighted by Crippen LogP contribution is -2.35. The van der Waals surface area contributed by atoms with E-state index in [1.54, 1.807) is 12.4 Å². The van der Waals surface area contributed by atoms with E-state index >= 15 is 0 Å². The molecule has 0 spiro atoms. The van der Waals surface area contributed by atoms with Crippen LogP contribution in [0.4, 0.5) is 5.69 Å². The number of anilines is 1. The zero-order valence-corrected chi connectivity index (χ0v) is 12.4. The number of carbonyl (C=O) groups is 2. The molecule has 1 aliphatic rings. The summed E-state index contributed by atoms with van der Waals surface area (Å²) >= 11 is 0. The van der Waals surface area contributed by atoms with Gasteiger partial charge < -0.3 is 10.4 Å². The highest BCUT2D eigenvalue weighted by Crippen LogP contribution is 2.38. The molecule has 5 heteroatoms. The minimum absolute atomic E-state index is 0.0380. The van der Waals surface area contributed by atoms with Gasteiger partial charge in [0.2, 0.25) is 5.91 Å². The van der Waals surface area contributed by atoms with Gasteiger partial charge in [0, 0.05) is 12.6 Å². The van der Waals surface area contributed by atoms with Gasteiger partial charge in [-0.3, -0.25) is 14.6 Å². The summed E-state index contributed by atoms with van der Waals surface area (Å²) in [6.07, 6.45) is 8.36. The lowest BCUT2D eigenvalue weighted by molar-refractivity contribution is -0.152. The van der Waals surface area contributed by atoms with E-state index in [0.717, 1.165) is 31.2 Å². The van der Waals surface area contributed by atoms with Crippen LogP contribution in [-0.2, 0) is 9.59 Å². The molecule has 1 heterocycles. The maximum Gasteiger partial charge on any atom is 0.310 e. The molecule has 2 N–H and O–H groups in total. The molecule has 0 atom stereocenters. The molecule has 0 radical (unpaired) electrons. The van der Waals surface area contributed by atoms with Gasteiger partial charge in [0.25, 0.3) is 0 Å². The van der Waals surface area contributed by atoms with Crippen LogP contribution in [0.25, 0.3) is 0 Å². The van der Waals surface area contributed by atoms with E-state index in [0.29, 0.717) is 18.5 Å². The summed E-state index contributed by atoms with van der Waals surface area (Å²) in [4.78, 5) is 27.9. The standard InChI is InChI=1S/C16H22N2O3/c1-12-8-13(11-17-10-12)18-14(19)9-16(15(20)21)6-4-2-3-5-7-16/h8,10-11H,2-7,9H2,1H3,(H,18,19)(H,20,21). The summed E-state index contributed by atoms with van der Waals surface area (Å²) < 4.78 is 0. The van der Waals surface area contributed by atoms with Crippen molar-refractivity contribution in [3.05, 3.63) is 24.0 Å². The molecule has 114 valence electrons. The van der Waals surface area contributed by atoms with E-state index in [4.69, 9.17) is 0 Å². The molecular formula is C16H22N2O3. The van der Waals surface area contributed by atoms with Crippen LogP contribution in [0.1, 0.15) is 50.5 Å². The number of carboxylic acid groups (broad SMARTS) is 1. The predicted octanol–water partition coefficient (Wildman–Crippen LogP) is 3.14. The Labute approximate surface area is 124 Å². The molecule has 2 rings (SSSR count). The van der Waals surface area contributed by atoms with E-state index in [1.165, 1.54) is 0 Å². The first-order valence-electron chi connectivity index (χ1n) is 7.47. The van der Waals surface area contributed by atoms with Crippen LogP contribution in [0.3, 0.4) is 0 Å². The molecule has 0 aliphatic heterocycles. The van der Waals surface area contributed by atoms with Crippen LogP contribution < -0.4 is 5.32 Å². The van der Waals surface area contributed by atoms with E-state index in [9.17, 15) is 14.7 Å². The van der Waals surface area contributed by atoms with Crippen molar-refractivity contribution in [1.82, 2.24) is 4.98 Å². The monoisotopic (exact) mass is 290 g/mol. The molecular weight excluding hydrogens is 268 g/mol. The van der Waals surface area contributed by atoms with Crippen LogP contribution in [0.2, 0.25) is 0 Å². The summed E-state index contributed by atoms with van der Waals surface area (Å²) in [5, 5.41) is 12.3. The van der Waals surface area contributed by atoms with Gasteiger partial charge in [-0.1, -0.05) is 25.7 Å². The Balaban J connectivity index is 2.06. The molecule has 1 aliphatic carbocycles. The van der Waals surface area contributed by atoms with Crippen LogP contribution >= 0.6 is 0 Å². The maximum atomic E-state index is 12.2. The van der Waals surface area contributed by atoms with Gasteiger partial charge in [0.15, 0.2) is 0 Å². The van der Waals surface area contributed by atoms with Crippen molar-refractivity contribution < 1.29 is 14.7 Å². The molecule has 5 nitrogen and oxygen atoms in total. The number of nitrogens with one attached hydrogen (secondary N) is 1. The van der Waals surface area contributed by atoms with Gasteiger partial charge in [0.05, 0.1) is 17.3 Å². The number of carbonyl (C=O) groups excluding carboxylic acids is 1. The van der Waals surface area contributed by atoms with Crippen molar-refractivity contribution in [3.63, 3.8) is 0 Å². The SMILES string of the molecule is Cc1cncc(NC(=O)CC2(C(=O)O)CCCCCC2)c1. The van der Waals surface area contributed by atoms with Crippen molar-refractivity contribution >= 4 is 17.6 Å². The van der Waals surface area contributed by atoms with E-state index in [2.05, 4.69) is 10.3 Å². The summed E-state index contributed by atoms with van der Waals surface area (Å²) in [6.45, 7) is 1.90. The number of pyridine rings is 1. The zero-order chi connectivity index (χ0) is 15.3. The quantitative estimate of drug-likeness (QED) is 0.835. The minimum atomic E-state index is -0.905. The Morgan fingerprint density at radius 2 is 1.90 bits per heavy atom. The number of amides is 1. The average Bonchev–Trinajstić information content (AvgIpc) is 2.65. The second kappa shape index (κ2) is 6.70. The molecule has 1 amide bonds. The fraction of sp³-hybridized carbons (Fsp3) is 0.562. The van der Waals surface area contributed by atoms with Gasteiger partial charge in [-0.25, -0.2) is 0 Å². The molecule has 1 fully saturated rings. The summed E-state index contributed by atoms with van der Waals surface area (Å²) in [6, 6.07) is 1.82. The summed E-state index contributed by atoms with van der Waals surface area (Å²) in [5.41, 5.74) is 0.669. The maximum absolute atomic E-state index is 12.2. The number of rotatable bonds is 4. The topological polar surface area (TPSA) is 79.3 Å². The molecule has 1 saturated carbocycles. The second-order valence-electron chi connectivity index (χ2n) is 5.98. The molecule has 1 aromatic rings. The third kappa shape index (κ3) is 4.03. The van der Waals surface area contributed by atoms with Gasteiger partial charge >= 0.3 is 5.97 Å². The molecule has 0 aromatic carbocycles. The molecule has 0 unspecified atom stereocenters. The van der Waals surface area contributed by atoms with Crippen molar-refractivity contribution in [3.8, 4) is 0 Å². The number of aromatic nitrogens is 1. The van der Waals surface area contributed by atoms with Crippen LogP contribution in [0.15, 0.2) is 18.5 Å². The summed E-state index contributed by atoms with van der Waals surface area (Å²) in [5.74, 6) is -1.09.